The van der Waals surface area contributed by atoms with Gasteiger partial charge in [-0.3, -0.25) is 4.90 Å². The maximum Gasteiger partial charge on any atom is 0.240 e. The van der Waals surface area contributed by atoms with Crippen molar-refractivity contribution in [3.05, 3.63) is 59.9 Å². The molecule has 1 heterocycles. The Morgan fingerprint density at radius 1 is 1.11 bits per heavy atom. The van der Waals surface area contributed by atoms with Gasteiger partial charge in [-0.05, 0) is 61.8 Å². The van der Waals surface area contributed by atoms with E-state index in [-0.39, 0.29) is 17.5 Å². The van der Waals surface area contributed by atoms with E-state index in [2.05, 4.69) is 21.8 Å². The second-order valence-electron chi connectivity index (χ2n) is 7.05. The largest absolute Gasteiger partial charge is 0.378 e. The molecule has 0 saturated carbocycles. The van der Waals surface area contributed by atoms with E-state index in [9.17, 15) is 12.8 Å². The van der Waals surface area contributed by atoms with E-state index in [0.717, 1.165) is 43.2 Å². The molecule has 1 saturated heterocycles. The van der Waals surface area contributed by atoms with Crippen molar-refractivity contribution in [1.82, 2.24) is 9.62 Å². The third-order valence-electron chi connectivity index (χ3n) is 4.95. The molecule has 2 aromatic carbocycles. The van der Waals surface area contributed by atoms with E-state index in [1.165, 1.54) is 18.2 Å². The van der Waals surface area contributed by atoms with Crippen LogP contribution in [0.25, 0.3) is 0 Å². The van der Waals surface area contributed by atoms with Crippen molar-refractivity contribution < 1.29 is 12.8 Å². The second kappa shape index (κ2) is 8.37. The highest BCUT2D eigenvalue weighted by atomic mass is 32.2. The molecular formula is C20H26FN3O2S. The van der Waals surface area contributed by atoms with Crippen LogP contribution in [0.2, 0.25) is 0 Å². The zero-order valence-corrected chi connectivity index (χ0v) is 16.5. The minimum atomic E-state index is -3.76. The Morgan fingerprint density at radius 3 is 2.37 bits per heavy atom. The van der Waals surface area contributed by atoms with Crippen LogP contribution in [0.3, 0.4) is 0 Å². The highest BCUT2D eigenvalue weighted by Crippen LogP contribution is 2.26. The molecule has 1 N–H and O–H groups in total. The van der Waals surface area contributed by atoms with E-state index in [4.69, 9.17) is 0 Å². The van der Waals surface area contributed by atoms with Gasteiger partial charge in [0.05, 0.1) is 4.90 Å². The fourth-order valence-electron chi connectivity index (χ4n) is 3.41. The molecule has 3 rings (SSSR count). The summed E-state index contributed by atoms with van der Waals surface area (Å²) in [5.41, 5.74) is 2.17. The van der Waals surface area contributed by atoms with Gasteiger partial charge in [0.25, 0.3) is 0 Å². The van der Waals surface area contributed by atoms with Crippen LogP contribution in [0.15, 0.2) is 53.4 Å². The van der Waals surface area contributed by atoms with Crippen LogP contribution in [0.4, 0.5) is 10.1 Å². The number of anilines is 1. The van der Waals surface area contributed by atoms with Crippen molar-refractivity contribution in [2.24, 2.45) is 0 Å². The quantitative estimate of drug-likeness (QED) is 0.788. The minimum absolute atomic E-state index is 0.0490. The smallest absolute Gasteiger partial charge is 0.240 e. The van der Waals surface area contributed by atoms with Crippen molar-refractivity contribution in [3.8, 4) is 0 Å². The average molecular weight is 392 g/mol. The van der Waals surface area contributed by atoms with Crippen LogP contribution in [-0.2, 0) is 10.0 Å². The summed E-state index contributed by atoms with van der Waals surface area (Å²) in [4.78, 5) is 4.28. The molecule has 0 spiro atoms. The van der Waals surface area contributed by atoms with Crippen molar-refractivity contribution >= 4 is 15.7 Å². The van der Waals surface area contributed by atoms with E-state index < -0.39 is 15.8 Å². The highest BCUT2D eigenvalue weighted by Gasteiger charge is 2.26. The lowest BCUT2D eigenvalue weighted by Gasteiger charge is -2.28. The molecule has 1 aliphatic heterocycles. The second-order valence-corrected chi connectivity index (χ2v) is 8.82. The first kappa shape index (κ1) is 19.8. The minimum Gasteiger partial charge on any atom is -0.378 e. The summed E-state index contributed by atoms with van der Waals surface area (Å²) in [6, 6.07) is 13.2. The molecule has 1 fully saturated rings. The number of nitrogens with zero attached hydrogens (tertiary/aromatic N) is 2. The molecule has 2 aromatic rings. The molecule has 146 valence electrons. The first-order chi connectivity index (χ1) is 12.9. The van der Waals surface area contributed by atoms with Crippen molar-refractivity contribution in [1.29, 1.82) is 0 Å². The van der Waals surface area contributed by atoms with Crippen LogP contribution in [0.5, 0.6) is 0 Å². The van der Waals surface area contributed by atoms with E-state index in [0.29, 0.717) is 0 Å². The number of nitrogens with one attached hydrogen (secondary N) is 1. The van der Waals surface area contributed by atoms with Gasteiger partial charge in [0.1, 0.15) is 5.82 Å². The Labute approximate surface area is 160 Å². The van der Waals surface area contributed by atoms with Crippen LogP contribution in [0, 0.1) is 5.82 Å². The molecule has 27 heavy (non-hydrogen) atoms. The van der Waals surface area contributed by atoms with Gasteiger partial charge < -0.3 is 4.90 Å². The molecule has 0 radical (unpaired) electrons. The number of rotatable bonds is 7. The maximum absolute atomic E-state index is 13.4. The monoisotopic (exact) mass is 391 g/mol. The van der Waals surface area contributed by atoms with Crippen molar-refractivity contribution in [2.75, 3.05) is 38.6 Å². The molecule has 0 unspecified atom stereocenters. The summed E-state index contributed by atoms with van der Waals surface area (Å²) in [6.45, 7) is 2.14. The fraction of sp³-hybridized carbons (Fsp3) is 0.400. The van der Waals surface area contributed by atoms with E-state index >= 15 is 0 Å². The number of hydrogen-bond acceptors (Lipinski definition) is 4. The Bertz CT molecular complexity index is 863. The maximum atomic E-state index is 13.4. The van der Waals surface area contributed by atoms with Gasteiger partial charge in [0.2, 0.25) is 10.0 Å². The fourth-order valence-corrected chi connectivity index (χ4v) is 4.48. The standard InChI is InChI=1S/C20H26FN3O2S/c1-23(2)18-10-8-16(9-11-18)20(24-12-3-4-13-24)15-22-27(25,26)19-7-5-6-17(21)14-19/h5-11,14,20,22H,3-4,12-13,15H2,1-2H3/t20-/m1/s1. The van der Waals surface area contributed by atoms with Gasteiger partial charge in [-0.15, -0.1) is 0 Å². The lowest BCUT2D eigenvalue weighted by Crippen LogP contribution is -2.36. The highest BCUT2D eigenvalue weighted by molar-refractivity contribution is 7.89. The molecule has 0 aromatic heterocycles. The first-order valence-electron chi connectivity index (χ1n) is 9.13. The molecule has 7 heteroatoms. The van der Waals surface area contributed by atoms with Crippen LogP contribution in [0.1, 0.15) is 24.4 Å². The Kier molecular flexibility index (Phi) is 6.14. The molecule has 1 atom stereocenters. The molecule has 5 nitrogen and oxygen atoms in total. The normalized spacial score (nSPS) is 16.4. The zero-order chi connectivity index (χ0) is 19.4. The third kappa shape index (κ3) is 4.86. The lowest BCUT2D eigenvalue weighted by atomic mass is 10.1. The van der Waals surface area contributed by atoms with E-state index in [1.54, 1.807) is 0 Å². The van der Waals surface area contributed by atoms with Crippen LogP contribution < -0.4 is 9.62 Å². The summed E-state index contributed by atoms with van der Waals surface area (Å²) < 4.78 is 41.2. The van der Waals surface area contributed by atoms with Gasteiger partial charge in [0.15, 0.2) is 0 Å². The molecule has 1 aliphatic rings. The SMILES string of the molecule is CN(C)c1ccc([C@@H](CNS(=O)(=O)c2cccc(F)c2)N2CCCC2)cc1. The van der Waals surface area contributed by atoms with Gasteiger partial charge in [0, 0.05) is 32.4 Å². The predicted octanol–water partition coefficient (Wildman–Crippen LogP) is 3.01. The van der Waals surface area contributed by atoms with Crippen LogP contribution in [-0.4, -0.2) is 47.0 Å². The molecule has 0 amide bonds. The summed E-state index contributed by atoms with van der Waals surface area (Å²) in [7, 11) is 0.210. The van der Waals surface area contributed by atoms with Gasteiger partial charge in [-0.1, -0.05) is 18.2 Å². The number of hydrogen-bond donors (Lipinski definition) is 1. The predicted molar refractivity (Wildman–Crippen MR) is 106 cm³/mol. The van der Waals surface area contributed by atoms with Gasteiger partial charge in [-0.2, -0.15) is 0 Å². The average Bonchev–Trinajstić information content (AvgIpc) is 3.16. The van der Waals surface area contributed by atoms with Crippen LogP contribution >= 0.6 is 0 Å². The molecule has 0 aliphatic carbocycles. The van der Waals surface area contributed by atoms with Gasteiger partial charge in [-0.25, -0.2) is 17.5 Å². The number of likely N-dealkylation sites (tertiary alicyclic amines) is 1. The first-order valence-corrected chi connectivity index (χ1v) is 10.6. The summed E-state index contributed by atoms with van der Waals surface area (Å²) in [5.74, 6) is -0.562. The Morgan fingerprint density at radius 2 is 1.78 bits per heavy atom. The molecular weight excluding hydrogens is 365 g/mol. The van der Waals surface area contributed by atoms with Crippen molar-refractivity contribution in [3.63, 3.8) is 0 Å². The third-order valence-corrected chi connectivity index (χ3v) is 6.37. The summed E-state index contributed by atoms with van der Waals surface area (Å²) in [6.07, 6.45) is 2.23. The summed E-state index contributed by atoms with van der Waals surface area (Å²) in [5, 5.41) is 0. The number of benzene rings is 2. The topological polar surface area (TPSA) is 52.7 Å². The van der Waals surface area contributed by atoms with E-state index in [1.807, 2.05) is 31.1 Å². The molecule has 0 bridgehead atoms. The van der Waals surface area contributed by atoms with Crippen molar-refractivity contribution in [2.45, 2.75) is 23.8 Å². The Balaban J connectivity index is 1.79. The number of halogens is 1. The Hall–Kier alpha value is -1.96. The zero-order valence-electron chi connectivity index (χ0n) is 15.7. The summed E-state index contributed by atoms with van der Waals surface area (Å²) >= 11 is 0. The van der Waals surface area contributed by atoms with Gasteiger partial charge >= 0.3 is 0 Å². The lowest BCUT2D eigenvalue weighted by molar-refractivity contribution is 0.246. The number of sulfonamides is 1.